The summed E-state index contributed by atoms with van der Waals surface area (Å²) < 4.78 is 2.12. The molecule has 0 aromatic carbocycles. The Bertz CT molecular complexity index is 267. The van der Waals surface area contributed by atoms with Crippen molar-refractivity contribution in [3.05, 3.63) is 24.5 Å². The molecule has 0 bridgehead atoms. The topological polar surface area (TPSA) is 29.0 Å². The Balaban J connectivity index is 2.12. The molecule has 3 nitrogen and oxygen atoms in total. The van der Waals surface area contributed by atoms with E-state index < -0.39 is 0 Å². The van der Waals surface area contributed by atoms with E-state index in [2.05, 4.69) is 29.0 Å². The van der Waals surface area contributed by atoms with E-state index in [-0.39, 0.29) is 0 Å². The molecule has 1 heterocycles. The van der Waals surface area contributed by atoms with Gasteiger partial charge in [0.2, 0.25) is 0 Å². The van der Waals surface area contributed by atoms with Gasteiger partial charge in [-0.15, -0.1) is 0 Å². The summed E-state index contributed by atoms with van der Waals surface area (Å²) in [6.07, 6.45) is 4.08. The molecule has 0 fully saturated rings. The van der Waals surface area contributed by atoms with Crippen LogP contribution in [0.5, 0.6) is 0 Å². The Kier molecular flexibility index (Phi) is 4.46. The van der Waals surface area contributed by atoms with Crippen LogP contribution in [0.4, 0.5) is 0 Å². The van der Waals surface area contributed by atoms with Crippen molar-refractivity contribution >= 4 is 17.3 Å². The second kappa shape index (κ2) is 5.65. The first-order chi connectivity index (χ1) is 6.68. The van der Waals surface area contributed by atoms with E-state index in [9.17, 15) is 0 Å². The quantitative estimate of drug-likeness (QED) is 0.737. The number of hydrogen-bond acceptors (Lipinski definition) is 1. The fourth-order valence-electron chi connectivity index (χ4n) is 1.13. The number of nitrogens with zero attached hydrogens (tertiary/aromatic N) is 1. The normalized spacial score (nSPS) is 10.2. The van der Waals surface area contributed by atoms with Gasteiger partial charge >= 0.3 is 0 Å². The third kappa shape index (κ3) is 4.28. The van der Waals surface area contributed by atoms with E-state index >= 15 is 0 Å². The molecule has 4 heteroatoms. The highest BCUT2D eigenvalue weighted by molar-refractivity contribution is 7.80. The Morgan fingerprint density at radius 1 is 1.36 bits per heavy atom. The molecule has 0 unspecified atom stereocenters. The van der Waals surface area contributed by atoms with Crippen LogP contribution in [-0.2, 0) is 6.54 Å². The van der Waals surface area contributed by atoms with Crippen molar-refractivity contribution < 1.29 is 0 Å². The Morgan fingerprint density at radius 3 is 2.57 bits per heavy atom. The molecular weight excluding hydrogens is 194 g/mol. The molecule has 2 N–H and O–H groups in total. The zero-order chi connectivity index (χ0) is 10.4. The average molecular weight is 211 g/mol. The lowest BCUT2D eigenvalue weighted by molar-refractivity contribution is 0.656. The molecule has 0 radical (unpaired) electrons. The van der Waals surface area contributed by atoms with E-state index in [4.69, 9.17) is 12.2 Å². The summed E-state index contributed by atoms with van der Waals surface area (Å²) in [7, 11) is 0. The monoisotopic (exact) mass is 211 g/mol. The molecule has 0 amide bonds. The van der Waals surface area contributed by atoms with E-state index in [1.54, 1.807) is 0 Å². The third-order valence-electron chi connectivity index (χ3n) is 1.74. The first-order valence-electron chi connectivity index (χ1n) is 4.83. The molecule has 1 rings (SSSR count). The lowest BCUT2D eigenvalue weighted by Crippen LogP contribution is -2.40. The zero-order valence-corrected chi connectivity index (χ0v) is 9.47. The first kappa shape index (κ1) is 11.0. The van der Waals surface area contributed by atoms with Gasteiger partial charge < -0.3 is 15.2 Å². The van der Waals surface area contributed by atoms with Crippen LogP contribution in [0.15, 0.2) is 24.5 Å². The van der Waals surface area contributed by atoms with Gasteiger partial charge in [0.15, 0.2) is 5.11 Å². The third-order valence-corrected chi connectivity index (χ3v) is 2.00. The molecule has 0 aliphatic heterocycles. The second-order valence-corrected chi connectivity index (χ2v) is 3.88. The van der Waals surface area contributed by atoms with E-state index in [0.717, 1.165) is 18.2 Å². The highest BCUT2D eigenvalue weighted by atomic mass is 32.1. The first-order valence-corrected chi connectivity index (χ1v) is 5.24. The predicted molar refractivity (Wildman–Crippen MR) is 63.3 cm³/mol. The molecule has 0 saturated carbocycles. The van der Waals surface area contributed by atoms with Crippen molar-refractivity contribution in [3.63, 3.8) is 0 Å². The molecule has 0 spiro atoms. The summed E-state index contributed by atoms with van der Waals surface area (Å²) in [4.78, 5) is 0. The molecule has 0 atom stereocenters. The standard InChI is InChI=1S/C10H17N3S/c1-9(2)12-10(14)11-5-8-13-6-3-4-7-13/h3-4,6-7,9H,5,8H2,1-2H3,(H2,11,12,14). The van der Waals surface area contributed by atoms with Crippen molar-refractivity contribution in [2.75, 3.05) is 6.54 Å². The predicted octanol–water partition coefficient (Wildman–Crippen LogP) is 1.36. The molecule has 14 heavy (non-hydrogen) atoms. The number of hydrogen-bond donors (Lipinski definition) is 2. The summed E-state index contributed by atoms with van der Waals surface area (Å²) in [6, 6.07) is 4.43. The Hall–Kier alpha value is -1.03. The van der Waals surface area contributed by atoms with E-state index in [1.165, 1.54) is 0 Å². The van der Waals surface area contributed by atoms with Crippen LogP contribution in [0, 0.1) is 0 Å². The van der Waals surface area contributed by atoms with Crippen molar-refractivity contribution in [1.29, 1.82) is 0 Å². The molecule has 1 aromatic heterocycles. The van der Waals surface area contributed by atoms with Gasteiger partial charge in [-0.25, -0.2) is 0 Å². The summed E-state index contributed by atoms with van der Waals surface area (Å²) in [5.74, 6) is 0. The van der Waals surface area contributed by atoms with Gasteiger partial charge in [-0.3, -0.25) is 0 Å². The molecule has 78 valence electrons. The lowest BCUT2D eigenvalue weighted by Gasteiger charge is -2.13. The van der Waals surface area contributed by atoms with Crippen molar-refractivity contribution in [3.8, 4) is 0 Å². The minimum atomic E-state index is 0.390. The highest BCUT2D eigenvalue weighted by Gasteiger charge is 1.96. The highest BCUT2D eigenvalue weighted by Crippen LogP contribution is 1.88. The van der Waals surface area contributed by atoms with E-state index in [0.29, 0.717) is 6.04 Å². The van der Waals surface area contributed by atoms with Gasteiger partial charge in [0.1, 0.15) is 0 Å². The van der Waals surface area contributed by atoms with Gasteiger partial charge in [0, 0.05) is 31.5 Å². The fourth-order valence-corrected chi connectivity index (χ4v) is 1.47. The SMILES string of the molecule is CC(C)NC(=S)NCCn1cccc1. The zero-order valence-electron chi connectivity index (χ0n) is 8.66. The number of nitrogens with one attached hydrogen (secondary N) is 2. The largest absolute Gasteiger partial charge is 0.361 e. The van der Waals surface area contributed by atoms with Crippen LogP contribution in [0.3, 0.4) is 0 Å². The minimum Gasteiger partial charge on any atom is -0.361 e. The molecule has 0 aliphatic carbocycles. The minimum absolute atomic E-state index is 0.390. The summed E-state index contributed by atoms with van der Waals surface area (Å²) in [5, 5.41) is 7.01. The van der Waals surface area contributed by atoms with Gasteiger partial charge in [0.25, 0.3) is 0 Å². The summed E-state index contributed by atoms with van der Waals surface area (Å²) >= 11 is 5.09. The Morgan fingerprint density at radius 2 is 2.00 bits per heavy atom. The van der Waals surface area contributed by atoms with Gasteiger partial charge in [-0.1, -0.05) is 0 Å². The molecular formula is C10H17N3S. The second-order valence-electron chi connectivity index (χ2n) is 3.48. The van der Waals surface area contributed by atoms with Crippen LogP contribution in [0.1, 0.15) is 13.8 Å². The van der Waals surface area contributed by atoms with Crippen LogP contribution in [-0.4, -0.2) is 22.3 Å². The molecule has 0 aliphatic rings. The van der Waals surface area contributed by atoms with Crippen molar-refractivity contribution in [2.45, 2.75) is 26.4 Å². The number of rotatable bonds is 4. The maximum absolute atomic E-state index is 5.09. The fraction of sp³-hybridized carbons (Fsp3) is 0.500. The molecule has 1 aromatic rings. The van der Waals surface area contributed by atoms with Crippen LogP contribution < -0.4 is 10.6 Å². The summed E-state index contributed by atoms with van der Waals surface area (Å²) in [6.45, 7) is 5.93. The van der Waals surface area contributed by atoms with Gasteiger partial charge in [-0.05, 0) is 38.2 Å². The number of aromatic nitrogens is 1. The van der Waals surface area contributed by atoms with Crippen molar-refractivity contribution in [1.82, 2.24) is 15.2 Å². The number of thiocarbonyl (C=S) groups is 1. The van der Waals surface area contributed by atoms with Crippen LogP contribution >= 0.6 is 12.2 Å². The lowest BCUT2D eigenvalue weighted by atomic mass is 10.4. The van der Waals surface area contributed by atoms with Gasteiger partial charge in [-0.2, -0.15) is 0 Å². The van der Waals surface area contributed by atoms with Crippen LogP contribution in [0.25, 0.3) is 0 Å². The smallest absolute Gasteiger partial charge is 0.166 e. The average Bonchev–Trinajstić information content (AvgIpc) is 2.55. The Labute approximate surface area is 90.5 Å². The van der Waals surface area contributed by atoms with Gasteiger partial charge in [0.05, 0.1) is 0 Å². The molecule has 0 saturated heterocycles. The maximum atomic E-state index is 5.09. The van der Waals surface area contributed by atoms with Crippen molar-refractivity contribution in [2.24, 2.45) is 0 Å². The summed E-state index contributed by atoms with van der Waals surface area (Å²) in [5.41, 5.74) is 0. The van der Waals surface area contributed by atoms with Crippen LogP contribution in [0.2, 0.25) is 0 Å². The maximum Gasteiger partial charge on any atom is 0.166 e. The van der Waals surface area contributed by atoms with E-state index in [1.807, 2.05) is 24.5 Å².